The number of hydrogen-bond donors (Lipinski definition) is 0. The van der Waals surface area contributed by atoms with Crippen molar-refractivity contribution in [1.82, 2.24) is 4.98 Å². The van der Waals surface area contributed by atoms with Gasteiger partial charge in [0.15, 0.2) is 0 Å². The quantitative estimate of drug-likeness (QED) is 0.642. The van der Waals surface area contributed by atoms with Gasteiger partial charge in [0.25, 0.3) is 0 Å². The summed E-state index contributed by atoms with van der Waals surface area (Å²) in [5, 5.41) is 8.42. The minimum atomic E-state index is -0.170. The Morgan fingerprint density at radius 2 is 2.23 bits per heavy atom. The van der Waals surface area contributed by atoms with E-state index in [0.717, 1.165) is 5.69 Å². The third-order valence-electron chi connectivity index (χ3n) is 1.90. The van der Waals surface area contributed by atoms with Gasteiger partial charge in [-0.05, 0) is 12.1 Å². The van der Waals surface area contributed by atoms with Gasteiger partial charge < -0.3 is 0 Å². The number of aromatic nitrogens is 1. The highest BCUT2D eigenvalue weighted by Gasteiger charge is 2.17. The van der Waals surface area contributed by atoms with Crippen LogP contribution in [-0.2, 0) is 5.41 Å². The lowest BCUT2D eigenvalue weighted by molar-refractivity contribution is 0.644. The van der Waals surface area contributed by atoms with Gasteiger partial charge in [0.05, 0.1) is 6.07 Å². The summed E-state index contributed by atoms with van der Waals surface area (Å²) in [5.41, 5.74) is 0.804. The summed E-state index contributed by atoms with van der Waals surface area (Å²) in [7, 11) is 0. The number of allylic oxidation sites excluding steroid dienone is 2. The molecule has 66 valence electrons. The van der Waals surface area contributed by atoms with E-state index in [0.29, 0.717) is 0 Å². The third-order valence-corrected chi connectivity index (χ3v) is 1.90. The van der Waals surface area contributed by atoms with Gasteiger partial charge in [0, 0.05) is 23.4 Å². The van der Waals surface area contributed by atoms with Crippen molar-refractivity contribution in [2.75, 3.05) is 0 Å². The van der Waals surface area contributed by atoms with Crippen molar-refractivity contribution in [1.29, 1.82) is 5.26 Å². The molecule has 1 aromatic heterocycles. The molecule has 0 aromatic carbocycles. The number of nitrogens with zero attached hydrogens (tertiary/aromatic N) is 2. The number of nitriles is 1. The summed E-state index contributed by atoms with van der Waals surface area (Å²) in [5.74, 6) is 0. The van der Waals surface area contributed by atoms with Crippen LogP contribution in [0.25, 0.3) is 0 Å². The lowest BCUT2D eigenvalue weighted by atomic mass is 9.88. The van der Waals surface area contributed by atoms with E-state index in [4.69, 9.17) is 5.26 Å². The second-order valence-corrected chi connectivity index (χ2v) is 3.40. The second kappa shape index (κ2) is 3.86. The SMILES string of the molecule is CC(C)(C=CC#N)c1ccccn1. The Bertz CT molecular complexity index is 331. The largest absolute Gasteiger partial charge is 0.260 e. The van der Waals surface area contributed by atoms with E-state index in [-0.39, 0.29) is 5.41 Å². The van der Waals surface area contributed by atoms with Crippen LogP contribution in [0.1, 0.15) is 19.5 Å². The molecule has 0 N–H and O–H groups in total. The lowest BCUT2D eigenvalue weighted by Gasteiger charge is -2.18. The van der Waals surface area contributed by atoms with E-state index in [1.54, 1.807) is 6.20 Å². The highest BCUT2D eigenvalue weighted by Crippen LogP contribution is 2.21. The summed E-state index contributed by atoms with van der Waals surface area (Å²) in [6, 6.07) is 7.78. The van der Waals surface area contributed by atoms with Gasteiger partial charge in [-0.3, -0.25) is 4.98 Å². The van der Waals surface area contributed by atoms with E-state index in [2.05, 4.69) is 4.98 Å². The predicted octanol–water partition coefficient (Wildman–Crippen LogP) is 2.44. The van der Waals surface area contributed by atoms with Crippen LogP contribution in [0.4, 0.5) is 0 Å². The average Bonchev–Trinajstić information content (AvgIpc) is 2.16. The molecule has 0 unspecified atom stereocenters. The maximum absolute atomic E-state index is 8.42. The van der Waals surface area contributed by atoms with Crippen LogP contribution in [-0.4, -0.2) is 4.98 Å². The van der Waals surface area contributed by atoms with Crippen LogP contribution in [0, 0.1) is 11.3 Å². The Hall–Kier alpha value is -1.62. The summed E-state index contributed by atoms with van der Waals surface area (Å²) in [6.07, 6.45) is 5.11. The fourth-order valence-electron chi connectivity index (χ4n) is 1.07. The van der Waals surface area contributed by atoms with Crippen LogP contribution >= 0.6 is 0 Å². The van der Waals surface area contributed by atoms with Gasteiger partial charge >= 0.3 is 0 Å². The van der Waals surface area contributed by atoms with E-state index >= 15 is 0 Å². The highest BCUT2D eigenvalue weighted by atomic mass is 14.7. The first-order chi connectivity index (χ1) is 6.17. The number of hydrogen-bond acceptors (Lipinski definition) is 2. The van der Waals surface area contributed by atoms with Crippen molar-refractivity contribution in [2.45, 2.75) is 19.3 Å². The standard InChI is InChI=1S/C11H12N2/c1-11(2,7-5-8-12)10-6-3-4-9-13-10/h3-7,9H,1-2H3. The van der Waals surface area contributed by atoms with Gasteiger partial charge in [-0.25, -0.2) is 0 Å². The lowest BCUT2D eigenvalue weighted by Crippen LogP contribution is -2.14. The van der Waals surface area contributed by atoms with Crippen LogP contribution in [0.15, 0.2) is 36.5 Å². The molecule has 0 fully saturated rings. The molecule has 0 spiro atoms. The Morgan fingerprint density at radius 1 is 1.46 bits per heavy atom. The molecule has 1 rings (SSSR count). The molecule has 0 aliphatic heterocycles. The molecule has 0 saturated carbocycles. The van der Waals surface area contributed by atoms with Gasteiger partial charge in [0.1, 0.15) is 0 Å². The zero-order chi connectivity index (χ0) is 9.73. The zero-order valence-corrected chi connectivity index (χ0v) is 7.86. The molecule has 1 aromatic rings. The molecule has 0 amide bonds. The van der Waals surface area contributed by atoms with Gasteiger partial charge in [-0.2, -0.15) is 5.26 Å². The molecular formula is C11H12N2. The normalized spacial score (nSPS) is 11.5. The fourth-order valence-corrected chi connectivity index (χ4v) is 1.07. The van der Waals surface area contributed by atoms with Crippen molar-refractivity contribution >= 4 is 0 Å². The minimum Gasteiger partial charge on any atom is -0.260 e. The van der Waals surface area contributed by atoms with E-state index in [1.807, 2.05) is 44.2 Å². The minimum absolute atomic E-state index is 0.170. The first-order valence-corrected chi connectivity index (χ1v) is 4.15. The van der Waals surface area contributed by atoms with Crippen molar-refractivity contribution < 1.29 is 0 Å². The maximum atomic E-state index is 8.42. The molecule has 2 heteroatoms. The molecule has 13 heavy (non-hydrogen) atoms. The van der Waals surface area contributed by atoms with Crippen LogP contribution < -0.4 is 0 Å². The predicted molar refractivity (Wildman–Crippen MR) is 52.0 cm³/mol. The molecule has 2 nitrogen and oxygen atoms in total. The third kappa shape index (κ3) is 2.41. The van der Waals surface area contributed by atoms with Crippen molar-refractivity contribution in [3.05, 3.63) is 42.2 Å². The first kappa shape index (κ1) is 9.47. The van der Waals surface area contributed by atoms with E-state index < -0.39 is 0 Å². The van der Waals surface area contributed by atoms with Crippen molar-refractivity contribution in [2.24, 2.45) is 0 Å². The van der Waals surface area contributed by atoms with Crippen molar-refractivity contribution in [3.8, 4) is 6.07 Å². The summed E-state index contributed by atoms with van der Waals surface area (Å²) in [6.45, 7) is 4.06. The Labute approximate surface area is 78.5 Å². The van der Waals surface area contributed by atoms with Gasteiger partial charge in [-0.1, -0.05) is 26.0 Å². The molecular weight excluding hydrogens is 160 g/mol. The average molecular weight is 172 g/mol. The maximum Gasteiger partial charge on any atom is 0.0909 e. The Balaban J connectivity index is 2.95. The molecule has 0 radical (unpaired) electrons. The first-order valence-electron chi connectivity index (χ1n) is 4.15. The monoisotopic (exact) mass is 172 g/mol. The Kier molecular flexibility index (Phi) is 2.81. The molecule has 0 aliphatic carbocycles. The smallest absolute Gasteiger partial charge is 0.0909 e. The number of pyridine rings is 1. The van der Waals surface area contributed by atoms with Gasteiger partial charge in [-0.15, -0.1) is 0 Å². The molecule has 0 bridgehead atoms. The second-order valence-electron chi connectivity index (χ2n) is 3.40. The topological polar surface area (TPSA) is 36.7 Å². The fraction of sp³-hybridized carbons (Fsp3) is 0.273. The Morgan fingerprint density at radius 3 is 2.77 bits per heavy atom. The summed E-state index contributed by atoms with van der Waals surface area (Å²) >= 11 is 0. The molecule has 1 heterocycles. The molecule has 0 saturated heterocycles. The summed E-state index contributed by atoms with van der Waals surface area (Å²) < 4.78 is 0. The summed E-state index contributed by atoms with van der Waals surface area (Å²) in [4.78, 5) is 4.24. The zero-order valence-electron chi connectivity index (χ0n) is 7.86. The van der Waals surface area contributed by atoms with Crippen molar-refractivity contribution in [3.63, 3.8) is 0 Å². The van der Waals surface area contributed by atoms with Crippen LogP contribution in [0.2, 0.25) is 0 Å². The highest BCUT2D eigenvalue weighted by molar-refractivity contribution is 5.23. The van der Waals surface area contributed by atoms with E-state index in [1.165, 1.54) is 6.08 Å². The molecule has 0 aliphatic rings. The van der Waals surface area contributed by atoms with Crippen LogP contribution in [0.3, 0.4) is 0 Å². The van der Waals surface area contributed by atoms with Gasteiger partial charge in [0.2, 0.25) is 0 Å². The van der Waals surface area contributed by atoms with E-state index in [9.17, 15) is 0 Å². The van der Waals surface area contributed by atoms with Crippen LogP contribution in [0.5, 0.6) is 0 Å². The molecule has 0 atom stereocenters. The number of rotatable bonds is 2.